The van der Waals surface area contributed by atoms with Gasteiger partial charge in [0.15, 0.2) is 0 Å². The third kappa shape index (κ3) is 3.69. The highest BCUT2D eigenvalue weighted by atomic mass is 35.5. The molecule has 0 aromatic heterocycles. The van der Waals surface area contributed by atoms with Gasteiger partial charge in [0.25, 0.3) is 0 Å². The number of rotatable bonds is 3. The SMILES string of the molecule is O=C(NC1CCN(c2ccc(Cl)cc2)C1)C1CCNCC1. The van der Waals surface area contributed by atoms with Crippen LogP contribution in [0.5, 0.6) is 0 Å². The second-order valence-corrected chi connectivity index (χ2v) is 6.38. The monoisotopic (exact) mass is 307 g/mol. The van der Waals surface area contributed by atoms with Crippen LogP contribution in [0.2, 0.25) is 5.02 Å². The lowest BCUT2D eigenvalue weighted by Gasteiger charge is -2.24. The van der Waals surface area contributed by atoms with Crippen LogP contribution in [0.25, 0.3) is 0 Å². The van der Waals surface area contributed by atoms with Crippen LogP contribution in [-0.4, -0.2) is 38.1 Å². The standard InChI is InChI=1S/C16H22ClN3O/c17-13-1-3-15(4-2-13)20-10-7-14(11-20)19-16(21)12-5-8-18-9-6-12/h1-4,12,14,18H,5-11H2,(H,19,21). The van der Waals surface area contributed by atoms with E-state index in [9.17, 15) is 4.79 Å². The van der Waals surface area contributed by atoms with E-state index in [1.807, 2.05) is 24.3 Å². The third-order valence-electron chi connectivity index (χ3n) is 4.44. The van der Waals surface area contributed by atoms with Crippen LogP contribution in [0.15, 0.2) is 24.3 Å². The number of halogens is 1. The van der Waals surface area contributed by atoms with E-state index in [4.69, 9.17) is 11.6 Å². The van der Waals surface area contributed by atoms with Crippen molar-refractivity contribution < 1.29 is 4.79 Å². The minimum atomic E-state index is 0.191. The summed E-state index contributed by atoms with van der Waals surface area (Å²) in [6.07, 6.45) is 2.93. The smallest absolute Gasteiger partial charge is 0.223 e. The van der Waals surface area contributed by atoms with E-state index in [0.717, 1.165) is 50.5 Å². The first-order chi connectivity index (χ1) is 10.2. The topological polar surface area (TPSA) is 44.4 Å². The van der Waals surface area contributed by atoms with E-state index in [-0.39, 0.29) is 17.9 Å². The Morgan fingerprint density at radius 3 is 2.62 bits per heavy atom. The number of carbonyl (C=O) groups is 1. The van der Waals surface area contributed by atoms with Crippen LogP contribution in [0.4, 0.5) is 5.69 Å². The molecule has 2 aliphatic rings. The quantitative estimate of drug-likeness (QED) is 0.898. The molecule has 1 amide bonds. The second-order valence-electron chi connectivity index (χ2n) is 5.94. The Hall–Kier alpha value is -1.26. The fourth-order valence-electron chi connectivity index (χ4n) is 3.17. The van der Waals surface area contributed by atoms with Crippen molar-refractivity contribution in [2.75, 3.05) is 31.1 Å². The van der Waals surface area contributed by atoms with Gasteiger partial charge in [0.1, 0.15) is 0 Å². The number of benzene rings is 1. The zero-order chi connectivity index (χ0) is 14.7. The summed E-state index contributed by atoms with van der Waals surface area (Å²) in [5.41, 5.74) is 1.18. The van der Waals surface area contributed by atoms with E-state index in [1.54, 1.807) is 0 Å². The fourth-order valence-corrected chi connectivity index (χ4v) is 3.29. The maximum atomic E-state index is 12.3. The number of piperidine rings is 1. The minimum absolute atomic E-state index is 0.191. The highest BCUT2D eigenvalue weighted by Crippen LogP contribution is 2.23. The van der Waals surface area contributed by atoms with Crippen molar-refractivity contribution in [1.29, 1.82) is 0 Å². The van der Waals surface area contributed by atoms with Gasteiger partial charge >= 0.3 is 0 Å². The summed E-state index contributed by atoms with van der Waals surface area (Å²) in [7, 11) is 0. The number of anilines is 1. The molecule has 4 nitrogen and oxygen atoms in total. The molecule has 0 spiro atoms. The summed E-state index contributed by atoms with van der Waals surface area (Å²) < 4.78 is 0. The molecule has 1 aromatic rings. The lowest BCUT2D eigenvalue weighted by Crippen LogP contribution is -2.43. The van der Waals surface area contributed by atoms with E-state index in [0.29, 0.717) is 0 Å². The first-order valence-electron chi connectivity index (χ1n) is 7.74. The largest absolute Gasteiger partial charge is 0.369 e. The lowest BCUT2D eigenvalue weighted by atomic mass is 9.97. The Balaban J connectivity index is 1.52. The van der Waals surface area contributed by atoms with Crippen molar-refractivity contribution >= 4 is 23.2 Å². The van der Waals surface area contributed by atoms with E-state index < -0.39 is 0 Å². The Morgan fingerprint density at radius 2 is 1.90 bits per heavy atom. The number of amides is 1. The van der Waals surface area contributed by atoms with Crippen molar-refractivity contribution in [1.82, 2.24) is 10.6 Å². The van der Waals surface area contributed by atoms with Crippen LogP contribution in [0.3, 0.4) is 0 Å². The lowest BCUT2D eigenvalue weighted by molar-refractivity contribution is -0.126. The van der Waals surface area contributed by atoms with E-state index in [1.165, 1.54) is 5.69 Å². The average Bonchev–Trinajstić information content (AvgIpc) is 2.97. The van der Waals surface area contributed by atoms with Crippen LogP contribution < -0.4 is 15.5 Å². The molecule has 0 saturated carbocycles. The van der Waals surface area contributed by atoms with Gasteiger partial charge in [0.2, 0.25) is 5.91 Å². The Labute approximate surface area is 130 Å². The molecule has 114 valence electrons. The summed E-state index contributed by atoms with van der Waals surface area (Å²) in [6.45, 7) is 3.79. The van der Waals surface area contributed by atoms with Crippen LogP contribution in [-0.2, 0) is 4.79 Å². The molecule has 1 unspecified atom stereocenters. The van der Waals surface area contributed by atoms with E-state index in [2.05, 4.69) is 15.5 Å². The van der Waals surface area contributed by atoms with Crippen LogP contribution in [0.1, 0.15) is 19.3 Å². The summed E-state index contributed by atoms with van der Waals surface area (Å²) >= 11 is 5.92. The third-order valence-corrected chi connectivity index (χ3v) is 4.69. The maximum Gasteiger partial charge on any atom is 0.223 e. The summed E-state index contributed by atoms with van der Waals surface area (Å²) in [5.74, 6) is 0.426. The van der Waals surface area contributed by atoms with Crippen molar-refractivity contribution in [3.05, 3.63) is 29.3 Å². The van der Waals surface area contributed by atoms with Gasteiger partial charge in [-0.2, -0.15) is 0 Å². The second kappa shape index (κ2) is 6.67. The molecule has 21 heavy (non-hydrogen) atoms. The molecule has 2 aliphatic heterocycles. The van der Waals surface area contributed by atoms with Crippen molar-refractivity contribution in [2.45, 2.75) is 25.3 Å². The first kappa shape index (κ1) is 14.7. The number of nitrogens with one attached hydrogen (secondary N) is 2. The predicted molar refractivity (Wildman–Crippen MR) is 85.8 cm³/mol. The molecular weight excluding hydrogens is 286 g/mol. The number of hydrogen-bond acceptors (Lipinski definition) is 3. The van der Waals surface area contributed by atoms with Gasteiger partial charge in [-0.05, 0) is 56.6 Å². The highest BCUT2D eigenvalue weighted by Gasteiger charge is 2.27. The van der Waals surface area contributed by atoms with Crippen molar-refractivity contribution in [2.24, 2.45) is 5.92 Å². The molecule has 2 fully saturated rings. The Kier molecular flexibility index (Phi) is 4.66. The normalized spacial score (nSPS) is 23.3. The van der Waals surface area contributed by atoms with E-state index >= 15 is 0 Å². The number of hydrogen-bond donors (Lipinski definition) is 2. The molecular formula is C16H22ClN3O. The molecule has 0 radical (unpaired) electrons. The molecule has 0 bridgehead atoms. The molecule has 1 atom stereocenters. The van der Waals surface area contributed by atoms with Gasteiger partial charge in [-0.25, -0.2) is 0 Å². The summed E-state index contributed by atoms with van der Waals surface area (Å²) in [6, 6.07) is 8.18. The highest BCUT2D eigenvalue weighted by molar-refractivity contribution is 6.30. The van der Waals surface area contributed by atoms with Gasteiger partial charge in [0.05, 0.1) is 0 Å². The average molecular weight is 308 g/mol. The molecule has 2 saturated heterocycles. The first-order valence-corrected chi connectivity index (χ1v) is 8.12. The van der Waals surface area contributed by atoms with Gasteiger partial charge in [-0.1, -0.05) is 11.6 Å². The summed E-state index contributed by atoms with van der Waals surface area (Å²) in [5, 5.41) is 7.28. The number of nitrogens with zero attached hydrogens (tertiary/aromatic N) is 1. The predicted octanol–water partition coefficient (Wildman–Crippen LogP) is 2.03. The molecule has 3 rings (SSSR count). The number of carbonyl (C=O) groups excluding carboxylic acids is 1. The van der Waals surface area contributed by atoms with Crippen molar-refractivity contribution in [3.8, 4) is 0 Å². The zero-order valence-electron chi connectivity index (χ0n) is 12.1. The molecule has 5 heteroatoms. The van der Waals surface area contributed by atoms with Gasteiger partial charge < -0.3 is 15.5 Å². The van der Waals surface area contributed by atoms with Gasteiger partial charge in [0, 0.05) is 35.8 Å². The summed E-state index contributed by atoms with van der Waals surface area (Å²) in [4.78, 5) is 14.6. The molecule has 0 aliphatic carbocycles. The maximum absolute atomic E-state index is 12.3. The van der Waals surface area contributed by atoms with Crippen LogP contribution in [0, 0.1) is 5.92 Å². The Bertz CT molecular complexity index is 485. The Morgan fingerprint density at radius 1 is 1.19 bits per heavy atom. The molecule has 2 N–H and O–H groups in total. The molecule has 1 aromatic carbocycles. The van der Waals surface area contributed by atoms with Crippen LogP contribution >= 0.6 is 11.6 Å². The fraction of sp³-hybridized carbons (Fsp3) is 0.562. The van der Waals surface area contributed by atoms with Crippen molar-refractivity contribution in [3.63, 3.8) is 0 Å². The van der Waals surface area contributed by atoms with Gasteiger partial charge in [-0.15, -0.1) is 0 Å². The zero-order valence-corrected chi connectivity index (χ0v) is 12.9. The molecule has 2 heterocycles. The van der Waals surface area contributed by atoms with Gasteiger partial charge in [-0.3, -0.25) is 4.79 Å². The minimum Gasteiger partial charge on any atom is -0.369 e.